The van der Waals surface area contributed by atoms with Crippen molar-refractivity contribution in [2.45, 2.75) is 24.1 Å². The first-order valence-electron chi connectivity index (χ1n) is 8.49. The fourth-order valence-corrected chi connectivity index (χ4v) is 4.62. The van der Waals surface area contributed by atoms with Crippen LogP contribution in [0.3, 0.4) is 0 Å². The number of halogens is 1. The highest BCUT2D eigenvalue weighted by Crippen LogP contribution is 2.29. The number of carbonyl (C=O) groups is 2. The van der Waals surface area contributed by atoms with E-state index in [-0.39, 0.29) is 23.5 Å². The molecule has 1 aromatic heterocycles. The van der Waals surface area contributed by atoms with Crippen LogP contribution in [0.25, 0.3) is 0 Å². The molecule has 2 heterocycles. The fourth-order valence-electron chi connectivity index (χ4n) is 2.76. The van der Waals surface area contributed by atoms with Crippen molar-refractivity contribution in [3.63, 3.8) is 0 Å². The van der Waals surface area contributed by atoms with Gasteiger partial charge in [0.1, 0.15) is 0 Å². The zero-order chi connectivity index (χ0) is 19.4. The molecule has 1 atom stereocenters. The lowest BCUT2D eigenvalue weighted by atomic mass is 9.97. The Morgan fingerprint density at radius 1 is 1.44 bits per heavy atom. The highest BCUT2D eigenvalue weighted by atomic mass is 35.5. The molecule has 1 aliphatic heterocycles. The number of anilines is 2. The molecule has 0 saturated carbocycles. The van der Waals surface area contributed by atoms with Gasteiger partial charge in [-0.2, -0.15) is 0 Å². The van der Waals surface area contributed by atoms with Gasteiger partial charge in [-0.1, -0.05) is 40.8 Å². The number of benzene rings is 1. The number of amides is 2. The summed E-state index contributed by atoms with van der Waals surface area (Å²) in [5.41, 5.74) is 7.20. The van der Waals surface area contributed by atoms with Gasteiger partial charge < -0.3 is 16.0 Å². The minimum atomic E-state index is -0.337. The van der Waals surface area contributed by atoms with Crippen molar-refractivity contribution in [1.82, 2.24) is 15.1 Å². The molecule has 144 valence electrons. The number of nitrogens with zero attached hydrogens (tertiary/aromatic N) is 3. The van der Waals surface area contributed by atoms with Gasteiger partial charge in [-0.05, 0) is 37.5 Å². The van der Waals surface area contributed by atoms with Gasteiger partial charge in [0.2, 0.25) is 16.9 Å². The number of nitrogens with two attached hydrogens (primary N) is 1. The topological polar surface area (TPSA) is 101 Å². The number of hydrogen-bond donors (Lipinski definition) is 2. The number of hydrogen-bond acceptors (Lipinski definition) is 7. The second kappa shape index (κ2) is 8.90. The average Bonchev–Trinajstić information content (AvgIpc) is 3.10. The molecule has 7 nitrogen and oxygen atoms in total. The summed E-state index contributed by atoms with van der Waals surface area (Å²) in [6.07, 6.45) is 1.55. The molecule has 3 rings (SSSR count). The monoisotopic (exact) mass is 425 g/mol. The number of primary amides is 1. The third-order valence-electron chi connectivity index (χ3n) is 4.33. The van der Waals surface area contributed by atoms with Crippen LogP contribution in [0, 0.1) is 12.8 Å². The summed E-state index contributed by atoms with van der Waals surface area (Å²) in [6.45, 7) is 3.02. The van der Waals surface area contributed by atoms with Crippen LogP contribution < -0.4 is 11.1 Å². The number of aryl methyl sites for hydroxylation is 1. The van der Waals surface area contributed by atoms with Crippen molar-refractivity contribution in [1.29, 1.82) is 0 Å². The van der Waals surface area contributed by atoms with Gasteiger partial charge in [-0.25, -0.2) is 0 Å². The molecule has 1 saturated heterocycles. The van der Waals surface area contributed by atoms with E-state index in [2.05, 4.69) is 15.5 Å². The lowest BCUT2D eigenvalue weighted by Crippen LogP contribution is -2.44. The molecule has 10 heteroatoms. The number of carbonyl (C=O) groups excluding carboxylic acids is 2. The van der Waals surface area contributed by atoms with Crippen LogP contribution in [-0.2, 0) is 9.59 Å². The number of piperidine rings is 1. The lowest BCUT2D eigenvalue weighted by molar-refractivity contribution is -0.132. The Balaban J connectivity index is 1.52. The third-order valence-corrected chi connectivity index (χ3v) is 6.69. The number of thioether (sulfide) groups is 1. The molecule has 27 heavy (non-hydrogen) atoms. The van der Waals surface area contributed by atoms with Crippen LogP contribution in [0.4, 0.5) is 10.8 Å². The summed E-state index contributed by atoms with van der Waals surface area (Å²) in [4.78, 5) is 25.4. The number of aromatic nitrogens is 2. The molecule has 1 aromatic carbocycles. The maximum Gasteiger partial charge on any atom is 0.233 e. The predicted molar refractivity (Wildman–Crippen MR) is 109 cm³/mol. The second-order valence-corrected chi connectivity index (χ2v) is 8.94. The predicted octanol–water partition coefficient (Wildman–Crippen LogP) is 3.06. The van der Waals surface area contributed by atoms with E-state index in [0.29, 0.717) is 27.6 Å². The van der Waals surface area contributed by atoms with Crippen molar-refractivity contribution in [2.24, 2.45) is 11.7 Å². The molecule has 0 bridgehead atoms. The van der Waals surface area contributed by atoms with Crippen LogP contribution in [0.2, 0.25) is 5.02 Å². The molecule has 2 amide bonds. The Bertz CT molecular complexity index is 844. The van der Waals surface area contributed by atoms with Crippen molar-refractivity contribution in [3.05, 3.63) is 28.8 Å². The summed E-state index contributed by atoms with van der Waals surface area (Å²) < 4.78 is 0.701. The van der Waals surface area contributed by atoms with Gasteiger partial charge in [0.05, 0.1) is 11.7 Å². The molecule has 0 radical (unpaired) electrons. The number of nitrogens with one attached hydrogen (secondary N) is 1. The zero-order valence-electron chi connectivity index (χ0n) is 14.8. The summed E-state index contributed by atoms with van der Waals surface area (Å²) in [7, 11) is 0. The maximum atomic E-state index is 12.4. The summed E-state index contributed by atoms with van der Waals surface area (Å²) >= 11 is 8.84. The van der Waals surface area contributed by atoms with Crippen LogP contribution >= 0.6 is 34.7 Å². The molecule has 0 aliphatic carbocycles. The Labute approximate surface area is 170 Å². The maximum absolute atomic E-state index is 12.4. The van der Waals surface area contributed by atoms with Gasteiger partial charge in [-0.15, -0.1) is 10.2 Å². The minimum absolute atomic E-state index is 0.0130. The smallest absolute Gasteiger partial charge is 0.233 e. The Kier molecular flexibility index (Phi) is 6.56. The van der Waals surface area contributed by atoms with Crippen molar-refractivity contribution >= 4 is 57.3 Å². The van der Waals surface area contributed by atoms with Crippen LogP contribution in [0.5, 0.6) is 0 Å². The first-order valence-corrected chi connectivity index (χ1v) is 10.7. The molecule has 2 aromatic rings. The van der Waals surface area contributed by atoms with Gasteiger partial charge in [0.25, 0.3) is 0 Å². The quantitative estimate of drug-likeness (QED) is 0.689. The molecular formula is C17H20ClN5O2S2. The standard InChI is InChI=1S/C17H20ClN5O2S2/c1-10-4-5-12(7-13(10)18)20-16-21-22-17(27-16)26-9-14(24)23-6-2-3-11(8-23)15(19)25/h4-5,7,11H,2-3,6,8-9H2,1H3,(H2,19,25)(H,20,21)/t11-/m1/s1. The number of likely N-dealkylation sites (tertiary alicyclic amines) is 1. The average molecular weight is 426 g/mol. The van der Waals surface area contributed by atoms with E-state index in [9.17, 15) is 9.59 Å². The lowest BCUT2D eigenvalue weighted by Gasteiger charge is -2.31. The Morgan fingerprint density at radius 3 is 3.00 bits per heavy atom. The number of rotatable bonds is 6. The summed E-state index contributed by atoms with van der Waals surface area (Å²) in [6, 6.07) is 5.68. The van der Waals surface area contributed by atoms with E-state index < -0.39 is 0 Å². The second-order valence-electron chi connectivity index (χ2n) is 6.33. The highest BCUT2D eigenvalue weighted by molar-refractivity contribution is 8.01. The van der Waals surface area contributed by atoms with E-state index in [1.54, 1.807) is 4.90 Å². The SMILES string of the molecule is Cc1ccc(Nc2nnc(SCC(=O)N3CCC[C@@H](C(N)=O)C3)s2)cc1Cl. The normalized spacial score (nSPS) is 17.0. The Morgan fingerprint density at radius 2 is 2.26 bits per heavy atom. The van der Waals surface area contributed by atoms with Gasteiger partial charge in [0.15, 0.2) is 4.34 Å². The van der Waals surface area contributed by atoms with E-state index >= 15 is 0 Å². The van der Waals surface area contributed by atoms with Gasteiger partial charge in [-0.3, -0.25) is 9.59 Å². The van der Waals surface area contributed by atoms with E-state index in [4.69, 9.17) is 17.3 Å². The summed E-state index contributed by atoms with van der Waals surface area (Å²) in [5, 5.41) is 12.7. The van der Waals surface area contributed by atoms with Gasteiger partial charge in [0, 0.05) is 23.8 Å². The van der Waals surface area contributed by atoms with Crippen molar-refractivity contribution in [3.8, 4) is 0 Å². The first kappa shape index (κ1) is 19.9. The first-order chi connectivity index (χ1) is 12.9. The summed E-state index contributed by atoms with van der Waals surface area (Å²) in [5.74, 6) is -0.334. The van der Waals surface area contributed by atoms with E-state index in [1.165, 1.54) is 23.1 Å². The zero-order valence-corrected chi connectivity index (χ0v) is 17.2. The minimum Gasteiger partial charge on any atom is -0.369 e. The van der Waals surface area contributed by atoms with Crippen LogP contribution in [0.1, 0.15) is 18.4 Å². The van der Waals surface area contributed by atoms with Gasteiger partial charge >= 0.3 is 0 Å². The Hall–Kier alpha value is -1.84. The molecule has 0 spiro atoms. The largest absolute Gasteiger partial charge is 0.369 e. The van der Waals surface area contributed by atoms with Crippen LogP contribution in [-0.4, -0.2) is 45.8 Å². The molecule has 1 aliphatic rings. The van der Waals surface area contributed by atoms with Crippen LogP contribution in [0.15, 0.2) is 22.5 Å². The van der Waals surface area contributed by atoms with E-state index in [1.807, 2.05) is 25.1 Å². The fraction of sp³-hybridized carbons (Fsp3) is 0.412. The molecule has 3 N–H and O–H groups in total. The molecule has 1 fully saturated rings. The molecular weight excluding hydrogens is 406 g/mol. The third kappa shape index (κ3) is 5.33. The van der Waals surface area contributed by atoms with E-state index in [0.717, 1.165) is 24.1 Å². The van der Waals surface area contributed by atoms with Crippen molar-refractivity contribution < 1.29 is 9.59 Å². The van der Waals surface area contributed by atoms with Crippen molar-refractivity contribution in [2.75, 3.05) is 24.2 Å². The highest BCUT2D eigenvalue weighted by Gasteiger charge is 2.27. The molecule has 0 unspecified atom stereocenters.